The van der Waals surface area contributed by atoms with Gasteiger partial charge in [0.1, 0.15) is 22.3 Å². The van der Waals surface area contributed by atoms with E-state index in [9.17, 15) is 0 Å². The van der Waals surface area contributed by atoms with E-state index in [4.69, 9.17) is 8.83 Å². The Bertz CT molecular complexity index is 3440. The number of hydrogen-bond acceptors (Lipinski definition) is 2. The van der Waals surface area contributed by atoms with E-state index in [0.717, 1.165) is 49.4 Å². The second-order valence-corrected chi connectivity index (χ2v) is 14.3. The average molecular weight is 687 g/mol. The molecule has 0 N–H and O–H groups in total. The first-order valence-corrected chi connectivity index (χ1v) is 18.5. The van der Waals surface area contributed by atoms with Crippen LogP contribution in [0.25, 0.3) is 120 Å². The molecule has 0 atom stereocenters. The molecule has 0 aliphatic heterocycles. The Balaban J connectivity index is 1.09. The minimum atomic E-state index is 0.833. The minimum absolute atomic E-state index is 0.833. The number of para-hydroxylation sites is 1. The van der Waals surface area contributed by atoms with Crippen molar-refractivity contribution in [3.63, 3.8) is 0 Å². The number of rotatable bonds is 3. The number of benzene rings is 10. The van der Waals surface area contributed by atoms with E-state index in [0.29, 0.717) is 0 Å². The van der Waals surface area contributed by atoms with Gasteiger partial charge < -0.3 is 8.83 Å². The van der Waals surface area contributed by atoms with E-state index in [2.05, 4.69) is 170 Å². The van der Waals surface area contributed by atoms with E-state index in [1.807, 2.05) is 12.1 Å². The fourth-order valence-corrected chi connectivity index (χ4v) is 9.13. The molecule has 12 rings (SSSR count). The Morgan fingerprint density at radius 3 is 1.54 bits per heavy atom. The summed E-state index contributed by atoms with van der Waals surface area (Å²) in [5.74, 6) is 0. The van der Waals surface area contributed by atoms with Gasteiger partial charge in [0.15, 0.2) is 0 Å². The molecule has 2 heterocycles. The third-order valence-electron chi connectivity index (χ3n) is 11.5. The van der Waals surface area contributed by atoms with Crippen LogP contribution in [0, 0.1) is 0 Å². The third-order valence-corrected chi connectivity index (χ3v) is 11.5. The van der Waals surface area contributed by atoms with Crippen LogP contribution in [0.3, 0.4) is 0 Å². The molecule has 0 saturated heterocycles. The van der Waals surface area contributed by atoms with E-state index >= 15 is 0 Å². The van der Waals surface area contributed by atoms with Crippen molar-refractivity contribution in [1.82, 2.24) is 0 Å². The molecule has 0 fully saturated rings. The van der Waals surface area contributed by atoms with Gasteiger partial charge in [0.05, 0.1) is 5.39 Å². The molecule has 10 aromatic carbocycles. The van der Waals surface area contributed by atoms with Gasteiger partial charge in [-0.15, -0.1) is 0 Å². The minimum Gasteiger partial charge on any atom is -0.456 e. The van der Waals surface area contributed by atoms with Crippen LogP contribution in [0.15, 0.2) is 191 Å². The zero-order chi connectivity index (χ0) is 35.3. The van der Waals surface area contributed by atoms with Gasteiger partial charge >= 0.3 is 0 Å². The monoisotopic (exact) mass is 686 g/mol. The third kappa shape index (κ3) is 4.11. The van der Waals surface area contributed by atoms with Crippen molar-refractivity contribution in [2.24, 2.45) is 0 Å². The van der Waals surface area contributed by atoms with Crippen LogP contribution in [0.2, 0.25) is 0 Å². The van der Waals surface area contributed by atoms with E-state index < -0.39 is 0 Å². The van der Waals surface area contributed by atoms with Crippen molar-refractivity contribution in [1.29, 1.82) is 0 Å². The van der Waals surface area contributed by atoms with Gasteiger partial charge in [-0.1, -0.05) is 152 Å². The first-order valence-electron chi connectivity index (χ1n) is 18.5. The standard InChI is InChI=1S/C52H30O2/c1-2-14-33-31(12-1)13-11-22-38(33)49-39-18-5-7-20-41(39)50(42-21-8-6-19-40(42)49)43-27-26-34(35-15-3-4-16-36(35)43)32-24-25-45-48(30-32)53-47-29-28-44-37-17-9-10-23-46(37)54-52(44)51(45)47/h1-30H. The van der Waals surface area contributed by atoms with Crippen LogP contribution in [0.1, 0.15) is 0 Å². The fourth-order valence-electron chi connectivity index (χ4n) is 9.13. The predicted molar refractivity (Wildman–Crippen MR) is 227 cm³/mol. The molecule has 250 valence electrons. The highest BCUT2D eigenvalue weighted by Gasteiger charge is 2.21. The van der Waals surface area contributed by atoms with Gasteiger partial charge in [-0.25, -0.2) is 0 Å². The Kier molecular flexibility index (Phi) is 6.09. The van der Waals surface area contributed by atoms with Crippen molar-refractivity contribution in [2.45, 2.75) is 0 Å². The van der Waals surface area contributed by atoms with Gasteiger partial charge in [-0.2, -0.15) is 0 Å². The van der Waals surface area contributed by atoms with Crippen molar-refractivity contribution < 1.29 is 8.83 Å². The first-order chi connectivity index (χ1) is 26.8. The predicted octanol–water partition coefficient (Wildman–Crippen LogP) is 15.1. The number of hydrogen-bond donors (Lipinski definition) is 0. The molecule has 0 aliphatic carbocycles. The second kappa shape index (κ2) is 11.2. The topological polar surface area (TPSA) is 26.3 Å². The SMILES string of the molecule is c1ccc2c(-c3c4ccccc4c(-c4ccc(-c5ccc6c(c5)oc5ccc7c8ccccc8oc7c56)c5ccccc45)c4ccccc34)cccc2c1. The summed E-state index contributed by atoms with van der Waals surface area (Å²) in [6, 6.07) is 65.7. The molecule has 2 heteroatoms. The molecule has 2 nitrogen and oxygen atoms in total. The van der Waals surface area contributed by atoms with E-state index in [-0.39, 0.29) is 0 Å². The summed E-state index contributed by atoms with van der Waals surface area (Å²) in [6.45, 7) is 0. The van der Waals surface area contributed by atoms with Crippen LogP contribution in [-0.2, 0) is 0 Å². The summed E-state index contributed by atoms with van der Waals surface area (Å²) >= 11 is 0. The lowest BCUT2D eigenvalue weighted by atomic mass is 9.83. The van der Waals surface area contributed by atoms with Gasteiger partial charge in [-0.3, -0.25) is 0 Å². The van der Waals surface area contributed by atoms with E-state index in [1.165, 1.54) is 70.9 Å². The molecule has 2 aromatic heterocycles. The molecule has 0 radical (unpaired) electrons. The summed E-state index contributed by atoms with van der Waals surface area (Å²) in [4.78, 5) is 0. The second-order valence-electron chi connectivity index (χ2n) is 14.3. The molecule has 0 spiro atoms. The van der Waals surface area contributed by atoms with E-state index in [1.54, 1.807) is 0 Å². The molecule has 0 amide bonds. The highest BCUT2D eigenvalue weighted by Crippen LogP contribution is 2.48. The molecule has 54 heavy (non-hydrogen) atoms. The van der Waals surface area contributed by atoms with Crippen LogP contribution in [-0.4, -0.2) is 0 Å². The highest BCUT2D eigenvalue weighted by atomic mass is 16.3. The number of fused-ring (bicyclic) bond motifs is 11. The average Bonchev–Trinajstić information content (AvgIpc) is 3.80. The molecule has 0 aliphatic rings. The normalized spacial score (nSPS) is 12.1. The summed E-state index contributed by atoms with van der Waals surface area (Å²) in [6.07, 6.45) is 0. The van der Waals surface area contributed by atoms with Gasteiger partial charge in [0.2, 0.25) is 0 Å². The van der Waals surface area contributed by atoms with Crippen molar-refractivity contribution in [3.05, 3.63) is 182 Å². The van der Waals surface area contributed by atoms with Crippen LogP contribution < -0.4 is 0 Å². The maximum Gasteiger partial charge on any atom is 0.147 e. The van der Waals surface area contributed by atoms with Crippen molar-refractivity contribution in [3.8, 4) is 33.4 Å². The largest absolute Gasteiger partial charge is 0.456 e. The van der Waals surface area contributed by atoms with Crippen molar-refractivity contribution in [2.75, 3.05) is 0 Å². The van der Waals surface area contributed by atoms with Gasteiger partial charge in [0.25, 0.3) is 0 Å². The first kappa shape index (κ1) is 29.4. The van der Waals surface area contributed by atoms with Gasteiger partial charge in [0, 0.05) is 16.2 Å². The summed E-state index contributed by atoms with van der Waals surface area (Å²) < 4.78 is 12.9. The molecular formula is C52H30O2. The molecule has 0 bridgehead atoms. The lowest BCUT2D eigenvalue weighted by molar-refractivity contribution is 0.663. The zero-order valence-electron chi connectivity index (χ0n) is 29.1. The fraction of sp³-hybridized carbons (Fsp3) is 0. The lowest BCUT2D eigenvalue weighted by Gasteiger charge is -2.20. The highest BCUT2D eigenvalue weighted by molar-refractivity contribution is 6.26. The Hall–Kier alpha value is -7.16. The van der Waals surface area contributed by atoms with Crippen molar-refractivity contribution >= 4 is 87.0 Å². The molecule has 0 unspecified atom stereocenters. The Labute approximate surface area is 310 Å². The van der Waals surface area contributed by atoms with Gasteiger partial charge in [-0.05, 0) is 107 Å². The number of furan rings is 2. The molecule has 0 saturated carbocycles. The Morgan fingerprint density at radius 1 is 0.278 bits per heavy atom. The zero-order valence-corrected chi connectivity index (χ0v) is 29.1. The quantitative estimate of drug-likeness (QED) is 0.173. The maximum absolute atomic E-state index is 6.53. The summed E-state index contributed by atoms with van der Waals surface area (Å²) in [7, 11) is 0. The lowest BCUT2D eigenvalue weighted by Crippen LogP contribution is -1.93. The smallest absolute Gasteiger partial charge is 0.147 e. The molecule has 12 aromatic rings. The maximum atomic E-state index is 6.53. The van der Waals surface area contributed by atoms with Crippen LogP contribution in [0.5, 0.6) is 0 Å². The summed E-state index contributed by atoms with van der Waals surface area (Å²) in [5.41, 5.74) is 10.8. The Morgan fingerprint density at radius 2 is 0.815 bits per heavy atom. The van der Waals surface area contributed by atoms with Crippen LogP contribution >= 0.6 is 0 Å². The molecular weight excluding hydrogens is 657 g/mol. The van der Waals surface area contributed by atoms with Crippen LogP contribution in [0.4, 0.5) is 0 Å². The summed E-state index contributed by atoms with van der Waals surface area (Å²) in [5, 5.41) is 14.3.